The topological polar surface area (TPSA) is 63.5 Å². The van der Waals surface area contributed by atoms with Crippen molar-refractivity contribution in [3.63, 3.8) is 0 Å². The number of halogens is 5. The van der Waals surface area contributed by atoms with Crippen LogP contribution in [0.1, 0.15) is 43.1 Å². The first-order valence-electron chi connectivity index (χ1n) is 8.03. The lowest BCUT2D eigenvalue weighted by Gasteiger charge is -2.38. The molecule has 1 aliphatic heterocycles. The molecule has 1 aromatic rings. The summed E-state index contributed by atoms with van der Waals surface area (Å²) in [6, 6.07) is 0. The number of hydrogen-bond donors (Lipinski definition) is 2. The number of rotatable bonds is 6. The van der Waals surface area contributed by atoms with Crippen LogP contribution in [0.15, 0.2) is 10.7 Å². The first kappa shape index (κ1) is 25.0. The molecule has 1 unspecified atom stereocenters. The van der Waals surface area contributed by atoms with Crippen LogP contribution in [0.3, 0.4) is 0 Å². The number of nitrogens with one attached hydrogen (secondary N) is 2. The highest BCUT2D eigenvalue weighted by molar-refractivity contribution is 5.85. The van der Waals surface area contributed by atoms with Crippen LogP contribution in [0.2, 0.25) is 0 Å². The Morgan fingerprint density at radius 1 is 1.42 bits per heavy atom. The maximum atomic E-state index is 13.1. The average Bonchev–Trinajstić information content (AvgIpc) is 2.87. The maximum Gasteiger partial charge on any atom is 0.419 e. The molecular weight excluding hydrogens is 396 g/mol. The Kier molecular flexibility index (Phi) is 10.0. The van der Waals surface area contributed by atoms with E-state index in [9.17, 15) is 18.0 Å². The minimum Gasteiger partial charge on any atom is -0.469 e. The van der Waals surface area contributed by atoms with Gasteiger partial charge < -0.3 is 19.8 Å². The number of carbonyl (C=O) groups excluding carboxylic acids is 1. The Hall–Kier alpha value is -0.960. The second kappa shape index (κ2) is 10.4. The molecule has 10 heteroatoms. The molecule has 1 saturated heterocycles. The highest BCUT2D eigenvalue weighted by atomic mass is 35.5. The summed E-state index contributed by atoms with van der Waals surface area (Å²) in [7, 11) is 0. The summed E-state index contributed by atoms with van der Waals surface area (Å²) in [5.74, 6) is -0.126. The van der Waals surface area contributed by atoms with Crippen molar-refractivity contribution in [2.24, 2.45) is 0 Å². The third kappa shape index (κ3) is 6.33. The van der Waals surface area contributed by atoms with Gasteiger partial charge in [0.05, 0.1) is 18.6 Å². The van der Waals surface area contributed by atoms with Gasteiger partial charge in [-0.2, -0.15) is 13.2 Å². The third-order valence-corrected chi connectivity index (χ3v) is 4.31. The van der Waals surface area contributed by atoms with Gasteiger partial charge in [-0.25, -0.2) is 0 Å². The zero-order valence-corrected chi connectivity index (χ0v) is 16.3. The van der Waals surface area contributed by atoms with Crippen molar-refractivity contribution >= 4 is 30.8 Å². The Balaban J connectivity index is 0.00000312. The predicted octanol–water partition coefficient (Wildman–Crippen LogP) is 3.62. The number of carbonyl (C=O) groups is 1. The van der Waals surface area contributed by atoms with Gasteiger partial charge in [0.25, 0.3) is 0 Å². The van der Waals surface area contributed by atoms with E-state index in [0.717, 1.165) is 19.2 Å². The van der Waals surface area contributed by atoms with Crippen LogP contribution in [-0.2, 0) is 22.3 Å². The van der Waals surface area contributed by atoms with Crippen LogP contribution in [-0.4, -0.2) is 31.2 Å². The highest BCUT2D eigenvalue weighted by Crippen LogP contribution is 2.35. The van der Waals surface area contributed by atoms with Crippen LogP contribution in [0, 0.1) is 6.92 Å². The average molecular weight is 421 g/mol. The molecular formula is C16H25Cl2F3N2O3. The summed E-state index contributed by atoms with van der Waals surface area (Å²) in [6.07, 6.45) is -2.08. The molecule has 2 N–H and O–H groups in total. The normalized spacial score (nSPS) is 20.0. The van der Waals surface area contributed by atoms with Crippen LogP contribution in [0.4, 0.5) is 13.2 Å². The van der Waals surface area contributed by atoms with Crippen molar-refractivity contribution in [1.82, 2.24) is 10.6 Å². The van der Waals surface area contributed by atoms with Crippen LogP contribution >= 0.6 is 24.8 Å². The Bertz CT molecular complexity index is 574. The lowest BCUT2D eigenvalue weighted by atomic mass is 9.86. The molecule has 0 radical (unpaired) electrons. The van der Waals surface area contributed by atoms with E-state index in [1.165, 1.54) is 6.92 Å². The van der Waals surface area contributed by atoms with Gasteiger partial charge in [-0.15, -0.1) is 24.8 Å². The summed E-state index contributed by atoms with van der Waals surface area (Å²) in [4.78, 5) is 11.9. The van der Waals surface area contributed by atoms with Crippen LogP contribution in [0.5, 0.6) is 0 Å². The number of hydrogen-bond acceptors (Lipinski definition) is 5. The first-order chi connectivity index (χ1) is 11.3. The Morgan fingerprint density at radius 3 is 2.65 bits per heavy atom. The minimum atomic E-state index is -4.46. The fourth-order valence-corrected chi connectivity index (χ4v) is 3.03. The molecule has 26 heavy (non-hydrogen) atoms. The van der Waals surface area contributed by atoms with E-state index in [-0.39, 0.29) is 61.7 Å². The predicted molar refractivity (Wildman–Crippen MR) is 95.9 cm³/mol. The number of piperidine rings is 1. The van der Waals surface area contributed by atoms with Gasteiger partial charge >= 0.3 is 12.1 Å². The number of aryl methyl sites for hydroxylation is 1. The quantitative estimate of drug-likeness (QED) is 0.688. The van der Waals surface area contributed by atoms with E-state index in [1.807, 2.05) is 0 Å². The van der Waals surface area contributed by atoms with E-state index in [2.05, 4.69) is 10.6 Å². The standard InChI is InChI=1S/C16H23F3N2O3.2ClH/c1-3-23-14(22)7-15(5-4-6-20-10-15)21-8-12-11(2)24-9-13(12)16(17,18)19;;/h9,20-21H,3-8,10H2,1-2H3;2*1H. The maximum absolute atomic E-state index is 13.1. The molecule has 0 amide bonds. The number of alkyl halides is 3. The van der Waals surface area contributed by atoms with Crippen LogP contribution < -0.4 is 10.6 Å². The molecule has 5 nitrogen and oxygen atoms in total. The Morgan fingerprint density at radius 2 is 2.12 bits per heavy atom. The van der Waals surface area contributed by atoms with Gasteiger partial charge in [-0.05, 0) is 33.2 Å². The van der Waals surface area contributed by atoms with Crippen molar-refractivity contribution < 1.29 is 27.1 Å². The fraction of sp³-hybridized carbons (Fsp3) is 0.688. The second-order valence-electron chi connectivity index (χ2n) is 6.08. The van der Waals surface area contributed by atoms with Crippen LogP contribution in [0.25, 0.3) is 0 Å². The van der Waals surface area contributed by atoms with Gasteiger partial charge in [0.1, 0.15) is 12.0 Å². The Labute approximate surface area is 163 Å². The summed E-state index contributed by atoms with van der Waals surface area (Å²) in [5.41, 5.74) is -1.31. The lowest BCUT2D eigenvalue weighted by molar-refractivity contribution is -0.145. The van der Waals surface area contributed by atoms with Gasteiger partial charge in [0, 0.05) is 24.2 Å². The molecule has 1 fully saturated rings. The molecule has 1 atom stereocenters. The van der Waals surface area contributed by atoms with Gasteiger partial charge in [0.15, 0.2) is 0 Å². The van der Waals surface area contributed by atoms with Crippen molar-refractivity contribution in [3.8, 4) is 0 Å². The first-order valence-corrected chi connectivity index (χ1v) is 8.03. The molecule has 1 aliphatic rings. The summed E-state index contributed by atoms with van der Waals surface area (Å²) >= 11 is 0. The molecule has 2 heterocycles. The monoisotopic (exact) mass is 420 g/mol. The summed E-state index contributed by atoms with van der Waals surface area (Å²) < 4.78 is 49.1. The molecule has 0 spiro atoms. The molecule has 0 aromatic carbocycles. The van der Waals surface area contributed by atoms with Crippen molar-refractivity contribution in [1.29, 1.82) is 0 Å². The van der Waals surface area contributed by atoms with E-state index in [0.29, 0.717) is 13.0 Å². The lowest BCUT2D eigenvalue weighted by Crippen LogP contribution is -2.56. The highest BCUT2D eigenvalue weighted by Gasteiger charge is 2.38. The zero-order chi connectivity index (χ0) is 17.8. The van der Waals surface area contributed by atoms with E-state index in [4.69, 9.17) is 9.15 Å². The summed E-state index contributed by atoms with van der Waals surface area (Å²) in [6.45, 7) is 4.82. The SMILES string of the molecule is CCOC(=O)CC1(NCc2c(C(F)(F)F)coc2C)CCCNC1.Cl.Cl. The zero-order valence-electron chi connectivity index (χ0n) is 14.7. The van der Waals surface area contributed by atoms with Crippen molar-refractivity contribution in [2.45, 2.75) is 51.4 Å². The van der Waals surface area contributed by atoms with Gasteiger partial charge in [0.2, 0.25) is 0 Å². The minimum absolute atomic E-state index is 0. The van der Waals surface area contributed by atoms with Crippen molar-refractivity contribution in [2.75, 3.05) is 19.7 Å². The van der Waals surface area contributed by atoms with Gasteiger partial charge in [-0.1, -0.05) is 0 Å². The van der Waals surface area contributed by atoms with Crippen molar-refractivity contribution in [3.05, 3.63) is 23.2 Å². The number of ether oxygens (including phenoxy) is 1. The van der Waals surface area contributed by atoms with Gasteiger partial charge in [-0.3, -0.25) is 4.79 Å². The molecule has 152 valence electrons. The number of furan rings is 1. The molecule has 0 saturated carbocycles. The van der Waals surface area contributed by atoms with E-state index >= 15 is 0 Å². The number of esters is 1. The third-order valence-electron chi connectivity index (χ3n) is 4.31. The fourth-order valence-electron chi connectivity index (χ4n) is 3.03. The smallest absolute Gasteiger partial charge is 0.419 e. The second-order valence-corrected chi connectivity index (χ2v) is 6.08. The summed E-state index contributed by atoms with van der Waals surface area (Å²) in [5, 5.41) is 6.35. The molecule has 0 bridgehead atoms. The largest absolute Gasteiger partial charge is 0.469 e. The van der Waals surface area contributed by atoms with E-state index in [1.54, 1.807) is 6.92 Å². The molecule has 0 aliphatic carbocycles. The molecule has 1 aromatic heterocycles. The molecule has 2 rings (SSSR count). The van der Waals surface area contributed by atoms with E-state index < -0.39 is 17.3 Å².